The largest absolute Gasteiger partial charge is 1.00 e. The van der Waals surface area contributed by atoms with Crippen molar-refractivity contribution in [3.8, 4) is 0 Å². The average Bonchev–Trinajstić information content (AvgIpc) is 1.89. The lowest BCUT2D eigenvalue weighted by atomic mass is 10.2. The number of nitrogens with zero attached hydrogens (tertiary/aromatic N) is 6. The molecule has 2 unspecified atom stereocenters. The Balaban J connectivity index is 0.000000297. The first-order valence-electron chi connectivity index (χ1n) is 29.7. The van der Waals surface area contributed by atoms with Crippen molar-refractivity contribution in [1.29, 1.82) is 0 Å². The molecular weight excluding hydrogens is 1230 g/mol. The molecule has 4 aliphatic rings. The van der Waals surface area contributed by atoms with Gasteiger partial charge in [-0.25, -0.2) is 29.5 Å². The van der Waals surface area contributed by atoms with Crippen LogP contribution in [0.15, 0.2) is 116 Å². The van der Waals surface area contributed by atoms with E-state index in [9.17, 15) is 14.7 Å². The minimum absolute atomic E-state index is 0. The Bertz CT molecular complexity index is 2910. The van der Waals surface area contributed by atoms with E-state index in [0.717, 1.165) is 81.9 Å². The molecule has 4 atom stereocenters. The lowest BCUT2D eigenvalue weighted by Gasteiger charge is -2.35. The van der Waals surface area contributed by atoms with Crippen LogP contribution in [0, 0.1) is 0 Å². The lowest BCUT2D eigenvalue weighted by molar-refractivity contribution is -0.417. The standard InChI is InChI=1S/C18H22N4OS.C18H27NO3S.C12H23NO3.C10H15NOS.C7H7N3.CH3Cl.ClH/c19-18-16-7-6-14(17(16)21-12-22-18)8-20-15(9-23)11-24-10-13-4-2-1-3-5-13;1-17(2,3)22-16(20)19-15(11-21-18(19,4)5)13-23-12-14-9-7-6-8-10-14;1-7-9-8-15-12(5,6)13(9)10(14)16-11(2,3)4;11-10(6-12)8-13-7-9-4-2-1-3-5-9;8-7-5-2-1-3-6(5)9-4-10-7;1-2;/h1-6,12,15,20,23H,7-11H2,(H2,19,21,22);6-10,15H,11-13H2,1-5H3;9H,7-8H2,1-6H3;1-5,10,12H,6-8,11H2;1,3-4H,2H2,(H2,8,9,10);1H3;1H/t15-;;;10-;;;/m1..1.../s1. The monoisotopic (exact) mass is 1320 g/mol. The van der Waals surface area contributed by atoms with Crippen LogP contribution < -0.4 is 34.9 Å². The highest BCUT2D eigenvalue weighted by molar-refractivity contribution is 7.99. The second-order valence-electron chi connectivity index (χ2n) is 24.0. The molecule has 0 saturated carbocycles. The summed E-state index contributed by atoms with van der Waals surface area (Å²) in [5.41, 5.74) is 22.2. The highest BCUT2D eigenvalue weighted by atomic mass is 35.5. The van der Waals surface area contributed by atoms with Crippen molar-refractivity contribution in [2.24, 2.45) is 0 Å². The van der Waals surface area contributed by atoms with E-state index in [1.54, 1.807) is 9.80 Å². The Hall–Kier alpha value is -5.17. The van der Waals surface area contributed by atoms with Gasteiger partial charge in [0.05, 0.1) is 49.9 Å². The van der Waals surface area contributed by atoms with Crippen molar-refractivity contribution in [3.05, 3.63) is 155 Å². The molecule has 0 spiro atoms. The van der Waals surface area contributed by atoms with Gasteiger partial charge in [-0.15, -0.1) is 11.6 Å². The quantitative estimate of drug-likeness (QED) is 0.0455. The van der Waals surface area contributed by atoms with Gasteiger partial charge in [-0.3, -0.25) is 9.80 Å². The second-order valence-corrected chi connectivity index (χ2v) is 27.1. The second kappa shape index (κ2) is 39.3. The van der Waals surface area contributed by atoms with Crippen LogP contribution in [-0.4, -0.2) is 156 Å². The summed E-state index contributed by atoms with van der Waals surface area (Å²) in [5, 5.41) is 21.8. The Morgan fingerprint density at radius 3 is 1.63 bits per heavy atom. The number of thioether (sulfide) groups is 3. The van der Waals surface area contributed by atoms with Crippen molar-refractivity contribution in [2.75, 3.05) is 68.1 Å². The fourth-order valence-electron chi connectivity index (χ4n) is 9.20. The maximum absolute atomic E-state index is 12.5. The van der Waals surface area contributed by atoms with Gasteiger partial charge in [-0.1, -0.05) is 110 Å². The molecule has 0 bridgehead atoms. The number of nitrogens with one attached hydrogen (secondary N) is 1. The van der Waals surface area contributed by atoms with E-state index in [1.165, 1.54) is 35.7 Å². The first-order valence-corrected chi connectivity index (χ1v) is 33.9. The minimum atomic E-state index is -0.625. The molecule has 492 valence electrons. The molecule has 23 heteroatoms. The predicted molar refractivity (Wildman–Crippen MR) is 364 cm³/mol. The number of allylic oxidation sites excluding steroid dienone is 2. The fourth-order valence-corrected chi connectivity index (χ4v) is 12.3. The molecule has 2 saturated heterocycles. The average molecular weight is 1330 g/mol. The highest BCUT2D eigenvalue weighted by Gasteiger charge is 2.46. The molecule has 18 nitrogen and oxygen atoms in total. The number of hydrogen-bond acceptors (Lipinski definition) is 18. The number of halogens is 2. The van der Waals surface area contributed by atoms with E-state index in [-0.39, 0.29) is 62.0 Å². The number of nitrogens with two attached hydrogens (primary N) is 2. The summed E-state index contributed by atoms with van der Waals surface area (Å²) in [7, 11) is 0. The Morgan fingerprint density at radius 2 is 1.16 bits per heavy atom. The summed E-state index contributed by atoms with van der Waals surface area (Å²) in [6, 6.07) is 31.4. The number of rotatable bonds is 18. The summed E-state index contributed by atoms with van der Waals surface area (Å²) in [4.78, 5) is 44.4. The molecule has 2 aliphatic heterocycles. The molecule has 2 aromatic heterocycles. The van der Waals surface area contributed by atoms with E-state index < -0.39 is 22.7 Å². The van der Waals surface area contributed by atoms with Gasteiger partial charge < -0.3 is 64.1 Å². The summed E-state index contributed by atoms with van der Waals surface area (Å²) in [6.45, 7) is 23.0. The number of aromatic nitrogens is 4. The molecule has 2 aliphatic carbocycles. The van der Waals surface area contributed by atoms with Crippen LogP contribution in [0.2, 0.25) is 0 Å². The van der Waals surface area contributed by atoms with E-state index in [1.807, 2.05) is 166 Å². The molecule has 4 heterocycles. The molecule has 9 rings (SSSR count). The number of anilines is 2. The van der Waals surface area contributed by atoms with Crippen LogP contribution in [-0.2, 0) is 49.0 Å². The van der Waals surface area contributed by atoms with E-state index in [2.05, 4.69) is 97.2 Å². The van der Waals surface area contributed by atoms with Crippen molar-refractivity contribution in [1.82, 2.24) is 35.1 Å². The van der Waals surface area contributed by atoms with Crippen LogP contribution in [0.5, 0.6) is 0 Å². The predicted octanol–water partition coefficient (Wildman–Crippen LogP) is 7.95. The maximum Gasteiger partial charge on any atom is 0.412 e. The van der Waals surface area contributed by atoms with Gasteiger partial charge in [0.1, 0.15) is 53.0 Å². The number of aliphatic hydroxyl groups excluding tert-OH is 2. The molecule has 0 radical (unpaired) electrons. The number of quaternary nitrogens is 1. The third kappa shape index (κ3) is 27.3. The van der Waals surface area contributed by atoms with Crippen LogP contribution in [0.25, 0.3) is 11.6 Å². The number of ether oxygens (including phenoxy) is 4. The van der Waals surface area contributed by atoms with Crippen LogP contribution in [0.3, 0.4) is 0 Å². The number of amides is 2. The van der Waals surface area contributed by atoms with E-state index in [0.29, 0.717) is 31.4 Å². The van der Waals surface area contributed by atoms with Gasteiger partial charge >= 0.3 is 12.2 Å². The molecule has 89 heavy (non-hydrogen) atoms. The first kappa shape index (κ1) is 78.1. The minimum Gasteiger partial charge on any atom is -1.00 e. The van der Waals surface area contributed by atoms with Gasteiger partial charge in [-0.2, -0.15) is 35.3 Å². The number of carbonyl (C=O) groups is 2. The fraction of sp³-hybridized carbons (Fsp3) is 0.515. The number of carbonyl (C=O) groups excluding carboxylic acids is 2. The SMILES string of the molecule is CC(C)(C)OC(=O)N1C(CSCc2ccccc2)COC1(C)C.CCC1COC(C)(C)N1C(=O)OC(C)(C)C.CCl.Nc1ncnc2c1CC=C2.Nc1ncnc2c1CC=C2CN[C@H](CO)CSCc1ccccc1.[Cl-].[NH3+][C@H](CO)CSCc1ccccc1. The Kier molecular flexibility index (Phi) is 34.5. The summed E-state index contributed by atoms with van der Waals surface area (Å²) >= 11 is 10.1. The Morgan fingerprint density at radius 1 is 0.697 bits per heavy atom. The molecule has 2 fully saturated rings. The first-order chi connectivity index (χ1) is 41.8. The maximum atomic E-state index is 12.5. The van der Waals surface area contributed by atoms with Crippen LogP contribution in [0.4, 0.5) is 21.2 Å². The van der Waals surface area contributed by atoms with Crippen molar-refractivity contribution >= 4 is 82.4 Å². The lowest BCUT2D eigenvalue weighted by Crippen LogP contribution is -3.00. The third-order valence-corrected chi connectivity index (χ3v) is 17.2. The number of fused-ring (bicyclic) bond motifs is 2. The molecule has 10 N–H and O–H groups in total. The van der Waals surface area contributed by atoms with E-state index >= 15 is 0 Å². The zero-order chi connectivity index (χ0) is 64.9. The van der Waals surface area contributed by atoms with Gasteiger partial charge in [0, 0.05) is 64.6 Å². The van der Waals surface area contributed by atoms with Crippen molar-refractivity contribution < 1.29 is 56.9 Å². The summed E-state index contributed by atoms with van der Waals surface area (Å²) < 4.78 is 22.4. The van der Waals surface area contributed by atoms with Crippen molar-refractivity contribution in [3.63, 3.8) is 0 Å². The smallest absolute Gasteiger partial charge is 0.412 e. The number of aliphatic hydroxyl groups is 2. The van der Waals surface area contributed by atoms with Gasteiger partial charge in [0.25, 0.3) is 0 Å². The number of benzene rings is 3. The zero-order valence-corrected chi connectivity index (χ0v) is 58.1. The number of hydrogen-bond donors (Lipinski definition) is 6. The third-order valence-electron chi connectivity index (χ3n) is 13.6. The molecule has 2 amide bonds. The van der Waals surface area contributed by atoms with Gasteiger partial charge in [0.15, 0.2) is 0 Å². The molecular formula is C66H98Cl2N10O8S3. The zero-order valence-electron chi connectivity index (χ0n) is 54.1. The van der Waals surface area contributed by atoms with E-state index in [4.69, 9.17) is 35.5 Å². The normalized spacial score (nSPS) is 17.1. The van der Waals surface area contributed by atoms with Gasteiger partial charge in [-0.05, 0) is 117 Å². The summed E-state index contributed by atoms with van der Waals surface area (Å²) in [5.74, 6) is 6.67. The topological polar surface area (TPSA) is 261 Å². The van der Waals surface area contributed by atoms with Crippen LogP contribution >= 0.6 is 46.9 Å². The van der Waals surface area contributed by atoms with Crippen LogP contribution in [0.1, 0.15) is 122 Å². The van der Waals surface area contributed by atoms with Gasteiger partial charge in [0.2, 0.25) is 0 Å². The molecule has 5 aromatic rings. The number of alkyl halides is 1. The van der Waals surface area contributed by atoms with Crippen molar-refractivity contribution in [2.45, 2.75) is 160 Å². The summed E-state index contributed by atoms with van der Waals surface area (Å²) in [6.07, 6.45) is 12.6. The Labute approximate surface area is 553 Å². The highest BCUT2D eigenvalue weighted by Crippen LogP contribution is 2.33. The number of nitrogen functional groups attached to an aromatic ring is 2. The molecule has 3 aromatic carbocycles.